The van der Waals surface area contributed by atoms with E-state index in [9.17, 15) is 19.8 Å². The Balaban J connectivity index is 2.33. The topological polar surface area (TPSA) is 87.7 Å². The summed E-state index contributed by atoms with van der Waals surface area (Å²) in [7, 11) is 0. The van der Waals surface area contributed by atoms with E-state index < -0.39 is 11.6 Å². The van der Waals surface area contributed by atoms with Crippen molar-refractivity contribution >= 4 is 16.9 Å². The summed E-state index contributed by atoms with van der Waals surface area (Å²) >= 11 is 0. The number of hydrogen-bond donors (Lipinski definition) is 2. The highest BCUT2D eigenvalue weighted by molar-refractivity contribution is 5.96. The number of fused-ring (bicyclic) bond motifs is 1. The van der Waals surface area contributed by atoms with Crippen LogP contribution in [0.25, 0.3) is 22.1 Å². The molecule has 0 bridgehead atoms. The van der Waals surface area contributed by atoms with Crippen LogP contribution in [0, 0.1) is 0 Å². The smallest absolute Gasteiger partial charge is 0.344 e. The van der Waals surface area contributed by atoms with Crippen LogP contribution >= 0.6 is 0 Å². The Hall–Kier alpha value is -3.08. The summed E-state index contributed by atoms with van der Waals surface area (Å²) < 4.78 is 5.18. The second kappa shape index (κ2) is 4.79. The Kier molecular flexibility index (Phi) is 2.95. The zero-order valence-corrected chi connectivity index (χ0v) is 10.7. The van der Waals surface area contributed by atoms with Gasteiger partial charge in [0.15, 0.2) is 0 Å². The van der Waals surface area contributed by atoms with Gasteiger partial charge in [-0.3, -0.25) is 0 Å². The molecular weight excluding hydrogens is 272 g/mol. The molecule has 104 valence electrons. The van der Waals surface area contributed by atoms with Gasteiger partial charge in [0.1, 0.15) is 11.3 Å². The zero-order chi connectivity index (χ0) is 15.0. The van der Waals surface area contributed by atoms with Crippen molar-refractivity contribution in [3.63, 3.8) is 0 Å². The van der Waals surface area contributed by atoms with E-state index in [0.29, 0.717) is 11.0 Å². The first-order valence-corrected chi connectivity index (χ1v) is 6.16. The lowest BCUT2D eigenvalue weighted by atomic mass is 10.0. The van der Waals surface area contributed by atoms with Gasteiger partial charge in [-0.25, -0.2) is 9.59 Å². The standard InChI is InChI=1S/C16H10O5/c17-10-5-6-14-9(7-10)8-13(16(20)21-14)11-3-1-2-4-12(11)15(18)19/h1-8,17H,(H,18,19). The van der Waals surface area contributed by atoms with Gasteiger partial charge in [0.25, 0.3) is 0 Å². The molecule has 0 aliphatic carbocycles. The minimum atomic E-state index is -1.12. The predicted octanol–water partition coefficient (Wildman–Crippen LogP) is 2.86. The van der Waals surface area contributed by atoms with E-state index >= 15 is 0 Å². The maximum Gasteiger partial charge on any atom is 0.344 e. The van der Waals surface area contributed by atoms with Crippen molar-refractivity contribution in [3.05, 3.63) is 64.5 Å². The molecule has 0 fully saturated rings. The number of aromatic carboxylic acids is 1. The largest absolute Gasteiger partial charge is 0.508 e. The number of phenols is 1. The van der Waals surface area contributed by atoms with Crippen LogP contribution in [0.2, 0.25) is 0 Å². The van der Waals surface area contributed by atoms with Crippen LogP contribution in [-0.4, -0.2) is 16.2 Å². The van der Waals surface area contributed by atoms with Gasteiger partial charge in [-0.2, -0.15) is 0 Å². The quantitative estimate of drug-likeness (QED) is 0.706. The molecule has 0 radical (unpaired) electrons. The number of aromatic hydroxyl groups is 1. The Morgan fingerprint density at radius 3 is 2.52 bits per heavy atom. The molecule has 2 aromatic carbocycles. The molecule has 0 spiro atoms. The van der Waals surface area contributed by atoms with Gasteiger partial charge in [0, 0.05) is 10.9 Å². The van der Waals surface area contributed by atoms with Crippen molar-refractivity contribution < 1.29 is 19.4 Å². The molecule has 0 amide bonds. The number of phenolic OH excluding ortho intramolecular Hbond substituents is 1. The Labute approximate surface area is 118 Å². The lowest BCUT2D eigenvalue weighted by Gasteiger charge is -2.06. The highest BCUT2D eigenvalue weighted by atomic mass is 16.4. The molecule has 5 nitrogen and oxygen atoms in total. The molecule has 1 aromatic heterocycles. The molecular formula is C16H10O5. The molecule has 0 saturated carbocycles. The van der Waals surface area contributed by atoms with E-state index in [1.54, 1.807) is 18.2 Å². The molecule has 3 aromatic rings. The fourth-order valence-corrected chi connectivity index (χ4v) is 2.20. The molecule has 0 atom stereocenters. The molecule has 1 heterocycles. The van der Waals surface area contributed by atoms with Crippen molar-refractivity contribution in [2.75, 3.05) is 0 Å². The van der Waals surface area contributed by atoms with Crippen LogP contribution in [0.15, 0.2) is 57.7 Å². The number of carboxylic acid groups (broad SMARTS) is 1. The van der Waals surface area contributed by atoms with E-state index in [-0.39, 0.29) is 22.4 Å². The summed E-state index contributed by atoms with van der Waals surface area (Å²) in [6.07, 6.45) is 0. The van der Waals surface area contributed by atoms with Crippen LogP contribution in [0.1, 0.15) is 10.4 Å². The van der Waals surface area contributed by atoms with Gasteiger partial charge < -0.3 is 14.6 Å². The highest BCUT2D eigenvalue weighted by Gasteiger charge is 2.15. The molecule has 3 rings (SSSR count). The van der Waals surface area contributed by atoms with Crippen LogP contribution in [-0.2, 0) is 0 Å². The van der Waals surface area contributed by atoms with E-state index in [0.717, 1.165) is 0 Å². The zero-order valence-electron chi connectivity index (χ0n) is 10.7. The number of carbonyl (C=O) groups is 1. The fraction of sp³-hybridized carbons (Fsp3) is 0. The summed E-state index contributed by atoms with van der Waals surface area (Å²) in [5.41, 5.74) is 0.149. The summed E-state index contributed by atoms with van der Waals surface area (Å²) in [5.74, 6) is -1.09. The Morgan fingerprint density at radius 1 is 1.00 bits per heavy atom. The molecule has 0 aliphatic rings. The van der Waals surface area contributed by atoms with Gasteiger partial charge in [-0.05, 0) is 30.3 Å². The average Bonchev–Trinajstić information content (AvgIpc) is 2.47. The summed E-state index contributed by atoms with van der Waals surface area (Å²) in [4.78, 5) is 23.3. The lowest BCUT2D eigenvalue weighted by molar-refractivity contribution is 0.0697. The fourth-order valence-electron chi connectivity index (χ4n) is 2.20. The van der Waals surface area contributed by atoms with E-state index in [2.05, 4.69) is 0 Å². The van der Waals surface area contributed by atoms with E-state index in [4.69, 9.17) is 4.42 Å². The van der Waals surface area contributed by atoms with E-state index in [1.807, 2.05) is 0 Å². The SMILES string of the molecule is O=C(O)c1ccccc1-c1cc2cc(O)ccc2oc1=O. The minimum Gasteiger partial charge on any atom is -0.508 e. The first-order chi connectivity index (χ1) is 10.1. The lowest BCUT2D eigenvalue weighted by Crippen LogP contribution is -2.07. The maximum absolute atomic E-state index is 12.1. The van der Waals surface area contributed by atoms with Crippen molar-refractivity contribution in [2.24, 2.45) is 0 Å². The van der Waals surface area contributed by atoms with Crippen molar-refractivity contribution in [1.82, 2.24) is 0 Å². The highest BCUT2D eigenvalue weighted by Crippen LogP contribution is 2.26. The van der Waals surface area contributed by atoms with Crippen LogP contribution in [0.5, 0.6) is 5.75 Å². The van der Waals surface area contributed by atoms with Gasteiger partial charge in [0.05, 0.1) is 11.1 Å². The summed E-state index contributed by atoms with van der Waals surface area (Å²) in [6, 6.07) is 12.1. The number of rotatable bonds is 2. The molecule has 0 unspecified atom stereocenters. The van der Waals surface area contributed by atoms with Crippen LogP contribution in [0.3, 0.4) is 0 Å². The second-order valence-corrected chi connectivity index (χ2v) is 4.52. The first-order valence-electron chi connectivity index (χ1n) is 6.16. The average molecular weight is 282 g/mol. The van der Waals surface area contributed by atoms with Gasteiger partial charge in [-0.15, -0.1) is 0 Å². The Bertz CT molecular complexity index is 908. The van der Waals surface area contributed by atoms with Crippen molar-refractivity contribution in [1.29, 1.82) is 0 Å². The third-order valence-electron chi connectivity index (χ3n) is 3.16. The number of benzene rings is 2. The normalized spacial score (nSPS) is 10.7. The molecule has 0 aliphatic heterocycles. The van der Waals surface area contributed by atoms with Crippen molar-refractivity contribution in [3.8, 4) is 16.9 Å². The predicted molar refractivity (Wildman–Crippen MR) is 76.5 cm³/mol. The molecule has 21 heavy (non-hydrogen) atoms. The van der Waals surface area contributed by atoms with Crippen LogP contribution in [0.4, 0.5) is 0 Å². The second-order valence-electron chi connectivity index (χ2n) is 4.52. The number of hydrogen-bond acceptors (Lipinski definition) is 4. The van der Waals surface area contributed by atoms with Gasteiger partial charge in [-0.1, -0.05) is 18.2 Å². The van der Waals surface area contributed by atoms with Gasteiger partial charge >= 0.3 is 11.6 Å². The maximum atomic E-state index is 12.1. The Morgan fingerprint density at radius 2 is 1.76 bits per heavy atom. The molecule has 2 N–H and O–H groups in total. The van der Waals surface area contributed by atoms with Crippen LogP contribution < -0.4 is 5.63 Å². The number of carboxylic acids is 1. The monoisotopic (exact) mass is 282 g/mol. The van der Waals surface area contributed by atoms with Crippen molar-refractivity contribution in [2.45, 2.75) is 0 Å². The molecule has 5 heteroatoms. The minimum absolute atomic E-state index is 0.0179. The third-order valence-corrected chi connectivity index (χ3v) is 3.16. The first kappa shape index (κ1) is 12.9. The summed E-state index contributed by atoms with van der Waals surface area (Å²) in [6.45, 7) is 0. The summed E-state index contributed by atoms with van der Waals surface area (Å²) in [5, 5.41) is 19.2. The van der Waals surface area contributed by atoms with Gasteiger partial charge in [0.2, 0.25) is 0 Å². The molecule has 0 saturated heterocycles. The third kappa shape index (κ3) is 2.25. The van der Waals surface area contributed by atoms with E-state index in [1.165, 1.54) is 30.3 Å².